The number of carboxylic acid groups (broad SMARTS) is 1. The van der Waals surface area contributed by atoms with Gasteiger partial charge in [0, 0.05) is 6.07 Å². The molecule has 0 bridgehead atoms. The van der Waals surface area contributed by atoms with Gasteiger partial charge in [0.1, 0.15) is 12.4 Å². The number of carboxylic acids is 1. The zero-order valence-corrected chi connectivity index (χ0v) is 10.5. The summed E-state index contributed by atoms with van der Waals surface area (Å²) >= 11 is 11.5. The third-order valence-corrected chi connectivity index (χ3v) is 2.81. The Bertz CT molecular complexity index is 402. The van der Waals surface area contributed by atoms with E-state index < -0.39 is 11.4 Å². The molecule has 0 saturated heterocycles. The molecule has 0 unspecified atom stereocenters. The average Bonchev–Trinajstić information content (AvgIpc) is 2.20. The van der Waals surface area contributed by atoms with E-state index in [-0.39, 0.29) is 6.61 Å². The fraction of sp³-hybridized carbons (Fsp3) is 0.364. The smallest absolute Gasteiger partial charge is 0.312 e. The van der Waals surface area contributed by atoms with Gasteiger partial charge in [-0.05, 0) is 26.0 Å². The monoisotopic (exact) mass is 262 g/mol. The lowest BCUT2D eigenvalue weighted by molar-refractivity contribution is -0.148. The molecule has 1 aromatic carbocycles. The van der Waals surface area contributed by atoms with Crippen LogP contribution < -0.4 is 4.74 Å². The molecule has 0 aromatic heterocycles. The van der Waals surface area contributed by atoms with Crippen LogP contribution in [0.5, 0.6) is 5.75 Å². The minimum absolute atomic E-state index is 0.0697. The van der Waals surface area contributed by atoms with Crippen molar-refractivity contribution in [1.82, 2.24) is 0 Å². The summed E-state index contributed by atoms with van der Waals surface area (Å²) < 4.78 is 5.34. The summed E-state index contributed by atoms with van der Waals surface area (Å²) in [6.07, 6.45) is 0. The maximum absolute atomic E-state index is 10.8. The molecule has 88 valence electrons. The van der Waals surface area contributed by atoms with Crippen LogP contribution in [0.1, 0.15) is 13.8 Å². The van der Waals surface area contributed by atoms with Gasteiger partial charge in [-0.15, -0.1) is 0 Å². The number of hydrogen-bond acceptors (Lipinski definition) is 2. The second kappa shape index (κ2) is 4.93. The summed E-state index contributed by atoms with van der Waals surface area (Å²) in [4.78, 5) is 10.8. The highest BCUT2D eigenvalue weighted by Gasteiger charge is 2.28. The largest absolute Gasteiger partial charge is 0.492 e. The zero-order valence-electron chi connectivity index (χ0n) is 8.96. The third kappa shape index (κ3) is 3.29. The van der Waals surface area contributed by atoms with Crippen molar-refractivity contribution in [2.24, 2.45) is 5.41 Å². The van der Waals surface area contributed by atoms with E-state index in [9.17, 15) is 4.79 Å². The van der Waals surface area contributed by atoms with E-state index in [1.807, 2.05) is 0 Å². The highest BCUT2D eigenvalue weighted by molar-refractivity contribution is 6.42. The molecule has 0 amide bonds. The Balaban J connectivity index is 2.68. The quantitative estimate of drug-likeness (QED) is 0.904. The lowest BCUT2D eigenvalue weighted by atomic mass is 9.95. The Morgan fingerprint density at radius 3 is 2.50 bits per heavy atom. The SMILES string of the molecule is CC(C)(COc1ccc(Cl)c(Cl)c1)C(=O)O. The molecule has 0 saturated carbocycles. The van der Waals surface area contributed by atoms with Crippen molar-refractivity contribution < 1.29 is 14.6 Å². The normalized spacial score (nSPS) is 11.2. The first kappa shape index (κ1) is 13.1. The summed E-state index contributed by atoms with van der Waals surface area (Å²) in [5, 5.41) is 9.71. The van der Waals surface area contributed by atoms with Gasteiger partial charge in [-0.1, -0.05) is 23.2 Å². The molecule has 1 rings (SSSR count). The molecule has 5 heteroatoms. The van der Waals surface area contributed by atoms with Crippen LogP contribution in [0.3, 0.4) is 0 Å². The van der Waals surface area contributed by atoms with Gasteiger partial charge in [0.2, 0.25) is 0 Å². The number of benzene rings is 1. The van der Waals surface area contributed by atoms with Crippen molar-refractivity contribution in [1.29, 1.82) is 0 Å². The number of rotatable bonds is 4. The first-order valence-corrected chi connectivity index (χ1v) is 5.40. The maximum atomic E-state index is 10.8. The predicted molar refractivity (Wildman–Crippen MR) is 63.4 cm³/mol. The van der Waals surface area contributed by atoms with E-state index in [0.29, 0.717) is 15.8 Å². The van der Waals surface area contributed by atoms with Crippen LogP contribution in [0.25, 0.3) is 0 Å². The molecule has 0 aliphatic rings. The minimum Gasteiger partial charge on any atom is -0.492 e. The second-order valence-electron chi connectivity index (χ2n) is 4.05. The van der Waals surface area contributed by atoms with Gasteiger partial charge >= 0.3 is 5.97 Å². The summed E-state index contributed by atoms with van der Waals surface area (Å²) in [5.41, 5.74) is -0.938. The molecule has 0 spiro atoms. The lowest BCUT2D eigenvalue weighted by Crippen LogP contribution is -2.30. The second-order valence-corrected chi connectivity index (χ2v) is 4.87. The number of halogens is 2. The number of ether oxygens (including phenoxy) is 1. The van der Waals surface area contributed by atoms with Gasteiger partial charge in [-0.25, -0.2) is 0 Å². The zero-order chi connectivity index (χ0) is 12.3. The molecule has 3 nitrogen and oxygen atoms in total. The molecule has 0 aliphatic heterocycles. The number of aliphatic carboxylic acids is 1. The predicted octanol–water partition coefficient (Wildman–Crippen LogP) is 3.48. The van der Waals surface area contributed by atoms with Crippen LogP contribution in [0.4, 0.5) is 0 Å². The van der Waals surface area contributed by atoms with Crippen molar-refractivity contribution in [3.05, 3.63) is 28.2 Å². The molecule has 0 atom stereocenters. The van der Waals surface area contributed by atoms with Crippen molar-refractivity contribution in [2.45, 2.75) is 13.8 Å². The molecule has 0 fully saturated rings. The number of carbonyl (C=O) groups is 1. The van der Waals surface area contributed by atoms with Gasteiger partial charge in [-0.3, -0.25) is 4.79 Å². The fourth-order valence-corrected chi connectivity index (χ4v) is 1.18. The van der Waals surface area contributed by atoms with Crippen LogP contribution in [0, 0.1) is 5.41 Å². The molecule has 1 N–H and O–H groups in total. The summed E-state index contributed by atoms with van der Waals surface area (Å²) in [5.74, 6) is -0.406. The van der Waals surface area contributed by atoms with Crippen molar-refractivity contribution >= 4 is 29.2 Å². The minimum atomic E-state index is -0.938. The van der Waals surface area contributed by atoms with E-state index in [4.69, 9.17) is 33.0 Å². The van der Waals surface area contributed by atoms with Crippen LogP contribution in [0.2, 0.25) is 10.0 Å². The van der Waals surface area contributed by atoms with Gasteiger partial charge in [0.05, 0.1) is 15.5 Å². The van der Waals surface area contributed by atoms with E-state index in [1.54, 1.807) is 32.0 Å². The molecule has 1 aromatic rings. The maximum Gasteiger partial charge on any atom is 0.312 e. The summed E-state index contributed by atoms with van der Waals surface area (Å²) in [6.45, 7) is 3.25. The topological polar surface area (TPSA) is 46.5 Å². The van der Waals surface area contributed by atoms with E-state index in [2.05, 4.69) is 0 Å². The highest BCUT2D eigenvalue weighted by Crippen LogP contribution is 2.27. The fourth-order valence-electron chi connectivity index (χ4n) is 0.892. The Hall–Kier alpha value is -0.930. The summed E-state index contributed by atoms with van der Waals surface area (Å²) in [7, 11) is 0. The van der Waals surface area contributed by atoms with Crippen molar-refractivity contribution in [3.8, 4) is 5.75 Å². The average molecular weight is 263 g/mol. The summed E-state index contributed by atoms with van der Waals surface area (Å²) in [6, 6.07) is 4.81. The first-order valence-electron chi connectivity index (χ1n) is 4.64. The van der Waals surface area contributed by atoms with Crippen molar-refractivity contribution in [3.63, 3.8) is 0 Å². The standard InChI is InChI=1S/C11H12Cl2O3/c1-11(2,10(14)15)6-16-7-3-4-8(12)9(13)5-7/h3-5H,6H2,1-2H3,(H,14,15). The number of hydrogen-bond donors (Lipinski definition) is 1. The van der Waals surface area contributed by atoms with Crippen LogP contribution in [0.15, 0.2) is 18.2 Å². The molecule has 0 heterocycles. The Morgan fingerprint density at radius 1 is 1.38 bits per heavy atom. The molecular formula is C11H12Cl2O3. The van der Waals surface area contributed by atoms with Gasteiger partial charge in [0.25, 0.3) is 0 Å². The third-order valence-electron chi connectivity index (χ3n) is 2.07. The van der Waals surface area contributed by atoms with Gasteiger partial charge in [-0.2, -0.15) is 0 Å². The van der Waals surface area contributed by atoms with Gasteiger partial charge < -0.3 is 9.84 Å². The van der Waals surface area contributed by atoms with E-state index in [0.717, 1.165) is 0 Å². The van der Waals surface area contributed by atoms with Crippen LogP contribution >= 0.6 is 23.2 Å². The molecule has 0 radical (unpaired) electrons. The lowest BCUT2D eigenvalue weighted by Gasteiger charge is -2.19. The van der Waals surface area contributed by atoms with Crippen molar-refractivity contribution in [2.75, 3.05) is 6.61 Å². The first-order chi connectivity index (χ1) is 7.33. The Labute approximate surface area is 104 Å². The van der Waals surface area contributed by atoms with Crippen LogP contribution in [-0.4, -0.2) is 17.7 Å². The van der Waals surface area contributed by atoms with E-state index >= 15 is 0 Å². The Kier molecular flexibility index (Phi) is 4.05. The molecule has 0 aliphatic carbocycles. The van der Waals surface area contributed by atoms with E-state index in [1.165, 1.54) is 0 Å². The molecule has 16 heavy (non-hydrogen) atoms. The Morgan fingerprint density at radius 2 is 2.00 bits per heavy atom. The van der Waals surface area contributed by atoms with Gasteiger partial charge in [0.15, 0.2) is 0 Å². The highest BCUT2D eigenvalue weighted by atomic mass is 35.5. The molecular weight excluding hydrogens is 251 g/mol. The van der Waals surface area contributed by atoms with Crippen LogP contribution in [-0.2, 0) is 4.79 Å².